The van der Waals surface area contributed by atoms with Gasteiger partial charge in [-0.15, -0.1) is 0 Å². The van der Waals surface area contributed by atoms with Crippen molar-refractivity contribution in [2.24, 2.45) is 5.73 Å². The number of anilines is 1. The third kappa shape index (κ3) is 4.99. The maximum absolute atomic E-state index is 13.5. The lowest BCUT2D eigenvalue weighted by molar-refractivity contribution is -0.124. The third-order valence-electron chi connectivity index (χ3n) is 6.27. The van der Waals surface area contributed by atoms with Crippen LogP contribution in [0.2, 0.25) is 0 Å². The van der Waals surface area contributed by atoms with Crippen molar-refractivity contribution in [2.45, 2.75) is 43.2 Å². The molecule has 6 heteroatoms. The highest BCUT2D eigenvalue weighted by atomic mass is 32.2. The third-order valence-corrected chi connectivity index (χ3v) is 6.71. The van der Waals surface area contributed by atoms with Gasteiger partial charge in [-0.1, -0.05) is 54.4 Å². The second-order valence-electron chi connectivity index (χ2n) is 8.64. The van der Waals surface area contributed by atoms with Crippen LogP contribution >= 0.6 is 11.9 Å². The predicted molar refractivity (Wildman–Crippen MR) is 126 cm³/mol. The number of carbonyl (C=O) groups is 1. The van der Waals surface area contributed by atoms with Crippen LogP contribution in [0.5, 0.6) is 0 Å². The zero-order valence-electron chi connectivity index (χ0n) is 17.6. The molecule has 1 saturated heterocycles. The summed E-state index contributed by atoms with van der Waals surface area (Å²) >= 11 is 1.57. The molecular formula is C24H32N4OS. The Balaban J connectivity index is 1.48. The minimum Gasteiger partial charge on any atom is -0.351 e. The summed E-state index contributed by atoms with van der Waals surface area (Å²) in [7, 11) is 0. The molecule has 2 aromatic rings. The molecule has 1 heterocycles. The SMILES string of the molecule is CSNc1cccc(C2(C(=O)NC(Cc3ccccc3)CN3CCC(N)C3)CC2)c1. The van der Waals surface area contributed by atoms with Crippen LogP contribution < -0.4 is 15.8 Å². The van der Waals surface area contributed by atoms with E-state index in [0.717, 1.165) is 56.6 Å². The van der Waals surface area contributed by atoms with Gasteiger partial charge in [0.25, 0.3) is 0 Å². The van der Waals surface area contributed by atoms with Crippen LogP contribution in [0.25, 0.3) is 0 Å². The predicted octanol–water partition coefficient (Wildman–Crippen LogP) is 3.17. The Labute approximate surface area is 183 Å². The Bertz CT molecular complexity index is 855. The summed E-state index contributed by atoms with van der Waals surface area (Å²) in [4.78, 5) is 15.8. The second kappa shape index (κ2) is 9.41. The van der Waals surface area contributed by atoms with Crippen LogP contribution in [-0.4, -0.2) is 48.8 Å². The summed E-state index contributed by atoms with van der Waals surface area (Å²) in [5, 5.41) is 3.41. The normalized spacial score (nSPS) is 21.2. The van der Waals surface area contributed by atoms with Gasteiger partial charge in [-0.05, 0) is 55.5 Å². The first kappa shape index (κ1) is 21.2. The van der Waals surface area contributed by atoms with Crippen LogP contribution in [0.15, 0.2) is 54.6 Å². The van der Waals surface area contributed by atoms with E-state index in [0.29, 0.717) is 0 Å². The molecule has 2 fully saturated rings. The van der Waals surface area contributed by atoms with E-state index in [-0.39, 0.29) is 23.4 Å². The largest absolute Gasteiger partial charge is 0.351 e. The maximum Gasteiger partial charge on any atom is 0.230 e. The summed E-state index contributed by atoms with van der Waals surface area (Å²) in [6, 6.07) is 19.0. The molecular weight excluding hydrogens is 392 g/mol. The Morgan fingerprint density at radius 1 is 1.23 bits per heavy atom. The molecule has 160 valence electrons. The van der Waals surface area contributed by atoms with Gasteiger partial charge >= 0.3 is 0 Å². The number of nitrogens with two attached hydrogens (primary N) is 1. The number of benzene rings is 2. The lowest BCUT2D eigenvalue weighted by atomic mass is 9.93. The van der Waals surface area contributed by atoms with Crippen molar-refractivity contribution >= 4 is 23.5 Å². The van der Waals surface area contributed by atoms with Gasteiger partial charge in [0.2, 0.25) is 5.91 Å². The maximum atomic E-state index is 13.5. The molecule has 2 unspecified atom stereocenters. The van der Waals surface area contributed by atoms with E-state index >= 15 is 0 Å². The molecule has 2 aliphatic rings. The molecule has 30 heavy (non-hydrogen) atoms. The van der Waals surface area contributed by atoms with E-state index in [1.54, 1.807) is 11.9 Å². The quantitative estimate of drug-likeness (QED) is 0.540. The molecule has 0 radical (unpaired) electrons. The molecule has 1 amide bonds. The highest BCUT2D eigenvalue weighted by molar-refractivity contribution is 7.99. The van der Waals surface area contributed by atoms with Crippen LogP contribution in [0.4, 0.5) is 5.69 Å². The molecule has 0 spiro atoms. The Kier molecular flexibility index (Phi) is 6.66. The smallest absolute Gasteiger partial charge is 0.230 e. The van der Waals surface area contributed by atoms with Gasteiger partial charge in [0.1, 0.15) is 0 Å². The lowest BCUT2D eigenvalue weighted by Gasteiger charge is -2.27. The van der Waals surface area contributed by atoms with Gasteiger partial charge in [0, 0.05) is 37.1 Å². The summed E-state index contributed by atoms with van der Waals surface area (Å²) in [6.45, 7) is 2.77. The van der Waals surface area contributed by atoms with Crippen LogP contribution in [0.1, 0.15) is 30.4 Å². The Hall–Kier alpha value is -2.02. The van der Waals surface area contributed by atoms with Crippen molar-refractivity contribution in [3.05, 3.63) is 65.7 Å². The first-order chi connectivity index (χ1) is 14.6. The van der Waals surface area contributed by atoms with E-state index in [1.165, 1.54) is 5.56 Å². The van der Waals surface area contributed by atoms with Crippen LogP contribution in [0.3, 0.4) is 0 Å². The number of hydrogen-bond donors (Lipinski definition) is 3. The molecule has 1 aliphatic heterocycles. The van der Waals surface area contributed by atoms with Crippen molar-refractivity contribution < 1.29 is 4.79 Å². The van der Waals surface area contributed by atoms with Crippen molar-refractivity contribution in [3.8, 4) is 0 Å². The van der Waals surface area contributed by atoms with E-state index in [9.17, 15) is 4.79 Å². The van der Waals surface area contributed by atoms with Gasteiger partial charge in [-0.2, -0.15) is 0 Å². The Morgan fingerprint density at radius 2 is 2.03 bits per heavy atom. The lowest BCUT2D eigenvalue weighted by Crippen LogP contribution is -2.48. The fourth-order valence-corrected chi connectivity index (χ4v) is 4.86. The summed E-state index contributed by atoms with van der Waals surface area (Å²) in [6.07, 6.45) is 5.70. The minimum atomic E-state index is -0.382. The number of nitrogens with zero attached hydrogens (tertiary/aromatic N) is 1. The van der Waals surface area contributed by atoms with Gasteiger partial charge in [-0.25, -0.2) is 0 Å². The fraction of sp³-hybridized carbons (Fsp3) is 0.458. The minimum absolute atomic E-state index is 0.0789. The second-order valence-corrected chi connectivity index (χ2v) is 9.25. The van der Waals surface area contributed by atoms with E-state index in [1.807, 2.05) is 24.5 Å². The highest BCUT2D eigenvalue weighted by Gasteiger charge is 2.51. The van der Waals surface area contributed by atoms with Crippen molar-refractivity contribution in [2.75, 3.05) is 30.6 Å². The monoisotopic (exact) mass is 424 g/mol. The number of hydrogen-bond acceptors (Lipinski definition) is 5. The van der Waals surface area contributed by atoms with Crippen molar-refractivity contribution in [1.82, 2.24) is 10.2 Å². The van der Waals surface area contributed by atoms with Gasteiger partial charge < -0.3 is 15.8 Å². The number of amides is 1. The van der Waals surface area contributed by atoms with E-state index in [2.05, 4.69) is 51.3 Å². The average molecular weight is 425 g/mol. The average Bonchev–Trinajstić information content (AvgIpc) is 3.46. The van der Waals surface area contributed by atoms with Gasteiger partial charge in [0.05, 0.1) is 5.41 Å². The number of likely N-dealkylation sites (tertiary alicyclic amines) is 1. The summed E-state index contributed by atoms with van der Waals surface area (Å²) in [5.74, 6) is 0.160. The van der Waals surface area contributed by atoms with Crippen molar-refractivity contribution in [3.63, 3.8) is 0 Å². The molecule has 0 aromatic heterocycles. The van der Waals surface area contributed by atoms with Crippen LogP contribution in [-0.2, 0) is 16.6 Å². The van der Waals surface area contributed by atoms with E-state index in [4.69, 9.17) is 5.73 Å². The molecule has 1 aliphatic carbocycles. The zero-order valence-corrected chi connectivity index (χ0v) is 18.5. The molecule has 4 rings (SSSR count). The highest BCUT2D eigenvalue weighted by Crippen LogP contribution is 2.49. The number of rotatable bonds is 9. The van der Waals surface area contributed by atoms with Gasteiger partial charge in [0.15, 0.2) is 0 Å². The molecule has 1 saturated carbocycles. The molecule has 0 bridgehead atoms. The zero-order chi connectivity index (χ0) is 21.0. The first-order valence-electron chi connectivity index (χ1n) is 10.8. The molecule has 5 nitrogen and oxygen atoms in total. The summed E-state index contributed by atoms with van der Waals surface area (Å²) in [5.41, 5.74) is 9.14. The van der Waals surface area contributed by atoms with Crippen molar-refractivity contribution in [1.29, 1.82) is 0 Å². The Morgan fingerprint density at radius 3 is 2.70 bits per heavy atom. The molecule has 2 atom stereocenters. The van der Waals surface area contributed by atoms with Crippen LogP contribution in [0, 0.1) is 0 Å². The molecule has 2 aromatic carbocycles. The van der Waals surface area contributed by atoms with E-state index < -0.39 is 0 Å². The van der Waals surface area contributed by atoms with Gasteiger partial charge in [-0.3, -0.25) is 9.69 Å². The summed E-state index contributed by atoms with van der Waals surface area (Å²) < 4.78 is 3.28. The standard InChI is InChI=1S/C24H32N4OS/c1-30-27-21-9-5-8-19(15-21)24(11-12-24)23(29)26-22(14-18-6-3-2-4-7-18)17-28-13-10-20(25)16-28/h2-9,15,20,22,27H,10-14,16-17,25H2,1H3,(H,26,29). The number of nitrogens with one attached hydrogen (secondary N) is 2. The first-order valence-corrected chi connectivity index (χ1v) is 12.0. The molecule has 4 N–H and O–H groups in total. The number of carbonyl (C=O) groups excluding carboxylic acids is 1. The topological polar surface area (TPSA) is 70.4 Å². The fourth-order valence-electron chi connectivity index (χ4n) is 4.49.